The Kier molecular flexibility index (Phi) is 5.38. The molecule has 3 aliphatic rings. The summed E-state index contributed by atoms with van der Waals surface area (Å²) >= 11 is 0. The van der Waals surface area contributed by atoms with E-state index < -0.39 is 11.9 Å². The molecule has 2 fully saturated rings. The standard InChI is InChI=1S/C24H26N4O4/c1-15-5-6-16(9-25-15)10-27-11-17(12-27)14-32-21-4-2-3-18-19(21)13-28(24(18)31)20-7-8-22(29)26-23(20)30/h2-6,9,17,20H,7-8,10-14H2,1H3,(H,26,29,30). The second-order valence-electron chi connectivity index (χ2n) is 8.86. The van der Waals surface area contributed by atoms with Gasteiger partial charge in [0.1, 0.15) is 11.8 Å². The van der Waals surface area contributed by atoms with Crippen LogP contribution in [0.3, 0.4) is 0 Å². The van der Waals surface area contributed by atoms with E-state index in [0.29, 0.717) is 36.8 Å². The van der Waals surface area contributed by atoms with Crippen molar-refractivity contribution in [2.45, 2.75) is 38.9 Å². The van der Waals surface area contributed by atoms with Crippen molar-refractivity contribution >= 4 is 17.7 Å². The van der Waals surface area contributed by atoms with Crippen LogP contribution >= 0.6 is 0 Å². The minimum atomic E-state index is -0.614. The molecule has 4 heterocycles. The second kappa shape index (κ2) is 8.35. The van der Waals surface area contributed by atoms with Crippen LogP contribution in [0.2, 0.25) is 0 Å². The maximum atomic E-state index is 12.9. The number of rotatable bonds is 6. The van der Waals surface area contributed by atoms with E-state index in [-0.39, 0.29) is 18.2 Å². The number of piperidine rings is 1. The molecule has 166 valence electrons. The zero-order valence-electron chi connectivity index (χ0n) is 18.0. The predicted octanol–water partition coefficient (Wildman–Crippen LogP) is 1.66. The summed E-state index contributed by atoms with van der Waals surface area (Å²) in [7, 11) is 0. The zero-order chi connectivity index (χ0) is 22.2. The molecule has 0 radical (unpaired) electrons. The Bertz CT molecular complexity index is 1060. The number of hydrogen-bond acceptors (Lipinski definition) is 6. The molecule has 3 amide bonds. The number of nitrogens with one attached hydrogen (secondary N) is 1. The van der Waals surface area contributed by atoms with Crippen LogP contribution in [0.15, 0.2) is 36.5 Å². The Morgan fingerprint density at radius 3 is 2.75 bits per heavy atom. The molecular formula is C24H26N4O4. The Balaban J connectivity index is 1.17. The lowest BCUT2D eigenvalue weighted by molar-refractivity contribution is -0.136. The van der Waals surface area contributed by atoms with Crippen LogP contribution in [-0.2, 0) is 22.7 Å². The summed E-state index contributed by atoms with van der Waals surface area (Å²) in [5.74, 6) is 0.275. The van der Waals surface area contributed by atoms with Crippen molar-refractivity contribution in [3.63, 3.8) is 0 Å². The van der Waals surface area contributed by atoms with Gasteiger partial charge in [0.2, 0.25) is 11.8 Å². The van der Waals surface area contributed by atoms with E-state index in [4.69, 9.17) is 4.74 Å². The van der Waals surface area contributed by atoms with E-state index in [2.05, 4.69) is 21.3 Å². The quantitative estimate of drug-likeness (QED) is 0.696. The SMILES string of the molecule is Cc1ccc(CN2CC(COc3cccc4c3CN(C3CCC(=O)NC3=O)C4=O)C2)cn1. The van der Waals surface area contributed by atoms with E-state index in [1.807, 2.05) is 31.3 Å². The summed E-state index contributed by atoms with van der Waals surface area (Å²) in [4.78, 5) is 44.9. The van der Waals surface area contributed by atoms with Crippen molar-refractivity contribution in [2.75, 3.05) is 19.7 Å². The second-order valence-corrected chi connectivity index (χ2v) is 8.86. The van der Waals surface area contributed by atoms with Crippen LogP contribution in [0, 0.1) is 12.8 Å². The first-order chi connectivity index (χ1) is 15.5. The predicted molar refractivity (Wildman–Crippen MR) is 116 cm³/mol. The fraction of sp³-hybridized carbons (Fsp3) is 0.417. The molecule has 8 heteroatoms. The molecule has 0 saturated carbocycles. The number of carbonyl (C=O) groups is 3. The van der Waals surface area contributed by atoms with Crippen molar-refractivity contribution in [1.82, 2.24) is 20.1 Å². The number of hydrogen-bond donors (Lipinski definition) is 1. The van der Waals surface area contributed by atoms with Crippen LogP contribution < -0.4 is 10.1 Å². The largest absolute Gasteiger partial charge is 0.493 e. The number of likely N-dealkylation sites (tertiary alicyclic amines) is 1. The van der Waals surface area contributed by atoms with E-state index in [1.165, 1.54) is 5.56 Å². The minimum Gasteiger partial charge on any atom is -0.493 e. The fourth-order valence-corrected chi connectivity index (χ4v) is 4.66. The molecule has 1 atom stereocenters. The molecule has 32 heavy (non-hydrogen) atoms. The number of fused-ring (bicyclic) bond motifs is 1. The molecule has 1 unspecified atom stereocenters. The maximum absolute atomic E-state index is 12.9. The number of aromatic nitrogens is 1. The third-order valence-electron chi connectivity index (χ3n) is 6.43. The van der Waals surface area contributed by atoms with Gasteiger partial charge in [0.05, 0.1) is 13.2 Å². The van der Waals surface area contributed by atoms with Gasteiger partial charge in [0.15, 0.2) is 0 Å². The molecule has 1 aromatic heterocycles. The molecule has 2 aromatic rings. The van der Waals surface area contributed by atoms with Gasteiger partial charge < -0.3 is 9.64 Å². The highest BCUT2D eigenvalue weighted by Crippen LogP contribution is 2.34. The molecule has 5 rings (SSSR count). The highest BCUT2D eigenvalue weighted by atomic mass is 16.5. The van der Waals surface area contributed by atoms with Crippen LogP contribution in [0.1, 0.15) is 40.0 Å². The summed E-state index contributed by atoms with van der Waals surface area (Å²) in [6, 6.07) is 9.01. The van der Waals surface area contributed by atoms with Crippen LogP contribution in [0.25, 0.3) is 0 Å². The van der Waals surface area contributed by atoms with Gasteiger partial charge in [0, 0.05) is 55.0 Å². The number of pyridine rings is 1. The lowest BCUT2D eigenvalue weighted by atomic mass is 10.0. The highest BCUT2D eigenvalue weighted by Gasteiger charge is 2.40. The summed E-state index contributed by atoms with van der Waals surface area (Å²) in [6.45, 7) is 5.71. The number of nitrogens with zero attached hydrogens (tertiary/aromatic N) is 3. The van der Waals surface area contributed by atoms with Gasteiger partial charge in [-0.1, -0.05) is 12.1 Å². The Hall–Kier alpha value is -3.26. The Morgan fingerprint density at radius 1 is 1.16 bits per heavy atom. The third kappa shape index (κ3) is 3.98. The average molecular weight is 434 g/mol. The van der Waals surface area contributed by atoms with Crippen molar-refractivity contribution in [2.24, 2.45) is 5.92 Å². The van der Waals surface area contributed by atoms with E-state index in [1.54, 1.807) is 11.0 Å². The van der Waals surface area contributed by atoms with Gasteiger partial charge in [0.25, 0.3) is 5.91 Å². The van der Waals surface area contributed by atoms with E-state index in [9.17, 15) is 14.4 Å². The number of amides is 3. The fourth-order valence-electron chi connectivity index (χ4n) is 4.66. The molecule has 2 saturated heterocycles. The first-order valence-electron chi connectivity index (χ1n) is 11.0. The van der Waals surface area contributed by atoms with Gasteiger partial charge in [-0.25, -0.2) is 0 Å². The van der Waals surface area contributed by atoms with Gasteiger partial charge >= 0.3 is 0 Å². The lowest BCUT2D eigenvalue weighted by Gasteiger charge is -2.39. The maximum Gasteiger partial charge on any atom is 0.255 e. The van der Waals surface area contributed by atoms with Crippen LogP contribution in [0.5, 0.6) is 5.75 Å². The molecule has 0 aliphatic carbocycles. The smallest absolute Gasteiger partial charge is 0.255 e. The number of aryl methyl sites for hydroxylation is 1. The topological polar surface area (TPSA) is 91.8 Å². The molecule has 1 aromatic carbocycles. The first-order valence-corrected chi connectivity index (χ1v) is 11.0. The monoisotopic (exact) mass is 434 g/mol. The molecule has 0 spiro atoms. The van der Waals surface area contributed by atoms with Crippen molar-refractivity contribution < 1.29 is 19.1 Å². The summed E-state index contributed by atoms with van der Waals surface area (Å²) < 4.78 is 6.12. The van der Waals surface area contributed by atoms with E-state index >= 15 is 0 Å². The lowest BCUT2D eigenvalue weighted by Crippen LogP contribution is -2.52. The highest BCUT2D eigenvalue weighted by molar-refractivity contribution is 6.05. The van der Waals surface area contributed by atoms with Gasteiger partial charge in [-0.15, -0.1) is 0 Å². The molecule has 0 bridgehead atoms. The average Bonchev–Trinajstić information content (AvgIpc) is 3.08. The van der Waals surface area contributed by atoms with Crippen molar-refractivity contribution in [3.8, 4) is 5.75 Å². The van der Waals surface area contributed by atoms with E-state index in [0.717, 1.165) is 30.9 Å². The van der Waals surface area contributed by atoms with Crippen molar-refractivity contribution in [3.05, 3.63) is 58.9 Å². The normalized spacial score (nSPS) is 21.3. The zero-order valence-corrected chi connectivity index (χ0v) is 18.0. The molecule has 3 aliphatic heterocycles. The van der Waals surface area contributed by atoms with Gasteiger partial charge in [-0.05, 0) is 37.1 Å². The molecule has 8 nitrogen and oxygen atoms in total. The minimum absolute atomic E-state index is 0.179. The molecule has 1 N–H and O–H groups in total. The molecular weight excluding hydrogens is 408 g/mol. The third-order valence-corrected chi connectivity index (χ3v) is 6.43. The number of imide groups is 1. The number of ether oxygens (including phenoxy) is 1. The van der Waals surface area contributed by atoms with Gasteiger partial charge in [-0.2, -0.15) is 0 Å². The van der Waals surface area contributed by atoms with Crippen molar-refractivity contribution in [1.29, 1.82) is 0 Å². The first kappa shape index (κ1) is 20.6. The number of benzene rings is 1. The summed E-state index contributed by atoms with van der Waals surface area (Å²) in [5, 5.41) is 2.34. The van der Waals surface area contributed by atoms with Crippen LogP contribution in [0.4, 0.5) is 0 Å². The van der Waals surface area contributed by atoms with Crippen LogP contribution in [-0.4, -0.2) is 58.2 Å². The Morgan fingerprint density at radius 2 is 2.00 bits per heavy atom. The Labute approximate surface area is 186 Å². The van der Waals surface area contributed by atoms with Gasteiger partial charge in [-0.3, -0.25) is 29.6 Å². The number of carbonyl (C=O) groups excluding carboxylic acids is 3. The summed E-state index contributed by atoms with van der Waals surface area (Å²) in [5.41, 5.74) is 3.63. The summed E-state index contributed by atoms with van der Waals surface area (Å²) in [6.07, 6.45) is 2.53.